The monoisotopic (exact) mass is 316 g/mol. The highest BCUT2D eigenvalue weighted by molar-refractivity contribution is 8.20. The largest absolute Gasteiger partial charge is 0.465 e. The van der Waals surface area contributed by atoms with E-state index in [1.165, 1.54) is 11.8 Å². The summed E-state index contributed by atoms with van der Waals surface area (Å²) in [4.78, 5) is 24.0. The zero-order valence-corrected chi connectivity index (χ0v) is 13.4. The van der Waals surface area contributed by atoms with E-state index in [0.29, 0.717) is 18.5 Å². The van der Waals surface area contributed by atoms with Crippen molar-refractivity contribution in [1.29, 1.82) is 0 Å². The quantitative estimate of drug-likeness (QED) is 0.554. The molecule has 1 saturated heterocycles. The third kappa shape index (κ3) is 3.17. The SMILES string of the molecule is CCOC(=O)CSC1(C(=O)OCC)S[C@H]2C=C[C@@H]1CC2. The minimum atomic E-state index is -0.680. The van der Waals surface area contributed by atoms with Gasteiger partial charge in [0.25, 0.3) is 0 Å². The zero-order chi connectivity index (χ0) is 14.6. The molecule has 1 fully saturated rings. The molecule has 6 heteroatoms. The summed E-state index contributed by atoms with van der Waals surface area (Å²) in [6.07, 6.45) is 6.34. The lowest BCUT2D eigenvalue weighted by Crippen LogP contribution is -2.47. The van der Waals surface area contributed by atoms with Crippen molar-refractivity contribution in [1.82, 2.24) is 0 Å². The Hall–Kier alpha value is -0.620. The van der Waals surface area contributed by atoms with E-state index in [-0.39, 0.29) is 23.6 Å². The van der Waals surface area contributed by atoms with Crippen molar-refractivity contribution in [2.24, 2.45) is 5.92 Å². The Morgan fingerprint density at radius 1 is 1.25 bits per heavy atom. The summed E-state index contributed by atoms with van der Waals surface area (Å²) >= 11 is 3.00. The second-order valence-electron chi connectivity index (χ2n) is 4.71. The number of rotatable bonds is 6. The smallest absolute Gasteiger partial charge is 0.333 e. The van der Waals surface area contributed by atoms with Crippen LogP contribution < -0.4 is 0 Å². The zero-order valence-electron chi connectivity index (χ0n) is 11.8. The van der Waals surface area contributed by atoms with E-state index < -0.39 is 4.08 Å². The minimum Gasteiger partial charge on any atom is -0.465 e. The number of carbonyl (C=O) groups is 2. The predicted octanol–water partition coefficient (Wildman–Crippen LogP) is 2.62. The van der Waals surface area contributed by atoms with Gasteiger partial charge in [-0.15, -0.1) is 23.5 Å². The van der Waals surface area contributed by atoms with Crippen molar-refractivity contribution in [3.8, 4) is 0 Å². The molecule has 3 rings (SSSR count). The first-order valence-corrected chi connectivity index (χ1v) is 8.81. The van der Waals surface area contributed by atoms with Crippen LogP contribution in [0.2, 0.25) is 0 Å². The molecule has 0 aromatic heterocycles. The van der Waals surface area contributed by atoms with Gasteiger partial charge in [-0.05, 0) is 26.7 Å². The first kappa shape index (κ1) is 15.8. The molecule has 2 bridgehead atoms. The van der Waals surface area contributed by atoms with Crippen LogP contribution in [0, 0.1) is 5.92 Å². The van der Waals surface area contributed by atoms with Crippen molar-refractivity contribution in [3.05, 3.63) is 12.2 Å². The third-order valence-electron chi connectivity index (χ3n) is 3.40. The lowest BCUT2D eigenvalue weighted by molar-refractivity contribution is -0.144. The molecule has 3 atom stereocenters. The van der Waals surface area contributed by atoms with Gasteiger partial charge >= 0.3 is 11.9 Å². The molecule has 2 aliphatic heterocycles. The van der Waals surface area contributed by atoms with Crippen LogP contribution in [-0.4, -0.2) is 40.2 Å². The number of ether oxygens (including phenoxy) is 2. The Morgan fingerprint density at radius 3 is 2.50 bits per heavy atom. The standard InChI is InChI=1S/C14H20O4S2/c1-3-17-12(15)9-19-14(13(16)18-4-2)10-5-7-11(20-14)8-6-10/h5,7,10-11H,3-4,6,8-9H2,1-2H3/t10-,11+,14?/m1/s1. The molecule has 0 spiro atoms. The van der Waals surface area contributed by atoms with E-state index >= 15 is 0 Å². The van der Waals surface area contributed by atoms with E-state index in [1.54, 1.807) is 18.7 Å². The van der Waals surface area contributed by atoms with Crippen LogP contribution in [0.5, 0.6) is 0 Å². The summed E-state index contributed by atoms with van der Waals surface area (Å²) in [5.74, 6) is -0.155. The van der Waals surface area contributed by atoms with Crippen molar-refractivity contribution in [2.45, 2.75) is 36.0 Å². The number of fused-ring (bicyclic) bond motifs is 2. The molecule has 112 valence electrons. The van der Waals surface area contributed by atoms with Gasteiger partial charge in [-0.3, -0.25) is 4.79 Å². The van der Waals surface area contributed by atoms with Crippen molar-refractivity contribution in [2.75, 3.05) is 19.0 Å². The Balaban J connectivity index is 2.11. The van der Waals surface area contributed by atoms with Crippen LogP contribution in [0.3, 0.4) is 0 Å². The molecule has 0 N–H and O–H groups in total. The lowest BCUT2D eigenvalue weighted by atomic mass is 9.91. The molecule has 20 heavy (non-hydrogen) atoms. The molecule has 0 aromatic rings. The normalized spacial score (nSPS) is 31.1. The molecule has 1 aliphatic carbocycles. The minimum absolute atomic E-state index is 0.135. The fraction of sp³-hybridized carbons (Fsp3) is 0.714. The molecular weight excluding hydrogens is 296 g/mol. The first-order valence-electron chi connectivity index (χ1n) is 6.95. The second kappa shape index (κ2) is 6.89. The van der Waals surface area contributed by atoms with Gasteiger partial charge in [0.15, 0.2) is 4.08 Å². The average Bonchev–Trinajstić information content (AvgIpc) is 2.47. The highest BCUT2D eigenvalue weighted by Crippen LogP contribution is 2.56. The molecule has 0 saturated carbocycles. The van der Waals surface area contributed by atoms with Gasteiger partial charge in [-0.1, -0.05) is 12.2 Å². The highest BCUT2D eigenvalue weighted by atomic mass is 32.2. The molecule has 0 radical (unpaired) electrons. The highest BCUT2D eigenvalue weighted by Gasteiger charge is 2.53. The Morgan fingerprint density at radius 2 is 2.00 bits per heavy atom. The van der Waals surface area contributed by atoms with Gasteiger partial charge in [0.2, 0.25) is 0 Å². The van der Waals surface area contributed by atoms with Crippen LogP contribution in [0.4, 0.5) is 0 Å². The molecule has 3 aliphatic rings. The summed E-state index contributed by atoms with van der Waals surface area (Å²) in [5.41, 5.74) is 0. The average molecular weight is 316 g/mol. The van der Waals surface area contributed by atoms with Crippen LogP contribution in [0.15, 0.2) is 12.2 Å². The molecular formula is C14H20O4S2. The topological polar surface area (TPSA) is 52.6 Å². The maximum Gasteiger partial charge on any atom is 0.333 e. The van der Waals surface area contributed by atoms with Gasteiger partial charge in [-0.2, -0.15) is 0 Å². The maximum absolute atomic E-state index is 12.4. The maximum atomic E-state index is 12.4. The summed E-state index contributed by atoms with van der Waals surface area (Å²) in [7, 11) is 0. The lowest BCUT2D eigenvalue weighted by Gasteiger charge is -2.45. The van der Waals surface area contributed by atoms with Crippen molar-refractivity contribution in [3.63, 3.8) is 0 Å². The number of hydrogen-bond donors (Lipinski definition) is 0. The van der Waals surface area contributed by atoms with Gasteiger partial charge < -0.3 is 9.47 Å². The van der Waals surface area contributed by atoms with E-state index in [0.717, 1.165) is 12.8 Å². The van der Waals surface area contributed by atoms with Gasteiger partial charge in [0, 0.05) is 11.2 Å². The molecule has 0 amide bonds. The number of thioether (sulfide) groups is 2. The Labute approximate surface area is 128 Å². The van der Waals surface area contributed by atoms with Crippen LogP contribution in [0.25, 0.3) is 0 Å². The van der Waals surface area contributed by atoms with E-state index in [9.17, 15) is 9.59 Å². The number of hydrogen-bond acceptors (Lipinski definition) is 6. The second-order valence-corrected chi connectivity index (χ2v) is 7.67. The summed E-state index contributed by atoms with van der Waals surface area (Å²) in [5, 5.41) is 0.346. The summed E-state index contributed by atoms with van der Waals surface area (Å²) in [6.45, 7) is 4.32. The molecule has 0 aromatic carbocycles. The van der Waals surface area contributed by atoms with E-state index in [4.69, 9.17) is 9.47 Å². The number of carbonyl (C=O) groups excluding carboxylic acids is 2. The fourth-order valence-corrected chi connectivity index (χ4v) is 5.74. The first-order chi connectivity index (χ1) is 9.62. The van der Waals surface area contributed by atoms with Crippen LogP contribution in [0.1, 0.15) is 26.7 Å². The number of allylic oxidation sites excluding steroid dienone is 1. The van der Waals surface area contributed by atoms with Crippen LogP contribution in [-0.2, 0) is 19.1 Å². The molecule has 4 nitrogen and oxygen atoms in total. The molecule has 1 unspecified atom stereocenters. The van der Waals surface area contributed by atoms with Gasteiger partial charge in [0.1, 0.15) is 0 Å². The van der Waals surface area contributed by atoms with E-state index in [2.05, 4.69) is 12.2 Å². The molecule has 2 heterocycles. The van der Waals surface area contributed by atoms with Crippen molar-refractivity contribution >= 4 is 35.5 Å². The fourth-order valence-electron chi connectivity index (χ4n) is 2.52. The predicted molar refractivity (Wildman–Crippen MR) is 81.7 cm³/mol. The van der Waals surface area contributed by atoms with Gasteiger partial charge in [-0.25, -0.2) is 4.79 Å². The third-order valence-corrected chi connectivity index (χ3v) is 6.84. The van der Waals surface area contributed by atoms with Gasteiger partial charge in [0.05, 0.1) is 19.0 Å². The Kier molecular flexibility index (Phi) is 5.43. The van der Waals surface area contributed by atoms with E-state index in [1.807, 2.05) is 6.92 Å². The summed E-state index contributed by atoms with van der Waals surface area (Å²) < 4.78 is 9.54. The summed E-state index contributed by atoms with van der Waals surface area (Å²) in [6, 6.07) is 0. The van der Waals surface area contributed by atoms with Crippen LogP contribution >= 0.6 is 23.5 Å². The number of esters is 2. The Bertz CT molecular complexity index is 410. The van der Waals surface area contributed by atoms with Crippen molar-refractivity contribution < 1.29 is 19.1 Å².